The molecule has 1 heterocycles. The van der Waals surface area contributed by atoms with E-state index in [1.165, 1.54) is 16.8 Å². The van der Waals surface area contributed by atoms with Crippen LogP contribution in [0.1, 0.15) is 16.8 Å². The van der Waals surface area contributed by atoms with Gasteiger partial charge in [-0.3, -0.25) is 25.4 Å². The molecule has 0 fully saturated rings. The molecule has 1 aromatic heterocycles. The number of anilines is 1. The number of hydrogen-bond donors (Lipinski definition) is 2. The predicted molar refractivity (Wildman–Crippen MR) is 120 cm³/mol. The molecule has 0 saturated carbocycles. The molecule has 8 nitrogen and oxygen atoms in total. The lowest BCUT2D eigenvalue weighted by Crippen LogP contribution is -2.22. The molecule has 0 unspecified atom stereocenters. The average molecular weight is 413 g/mol. The van der Waals surface area contributed by atoms with E-state index in [9.17, 15) is 14.9 Å². The lowest BCUT2D eigenvalue weighted by molar-refractivity contribution is -0.384. The van der Waals surface area contributed by atoms with Crippen molar-refractivity contribution in [1.82, 2.24) is 9.78 Å². The number of nitro benzene ring substituents is 1. The van der Waals surface area contributed by atoms with Crippen molar-refractivity contribution < 1.29 is 4.92 Å². The Morgan fingerprint density at radius 3 is 2.19 bits per heavy atom. The molecule has 0 saturated heterocycles. The van der Waals surface area contributed by atoms with E-state index < -0.39 is 4.92 Å². The highest BCUT2D eigenvalue weighted by molar-refractivity contribution is 6.13. The van der Waals surface area contributed by atoms with E-state index in [0.717, 1.165) is 11.3 Å². The number of hydrazone groups is 1. The normalized spacial score (nSPS) is 11.3. The number of para-hydroxylation sites is 1. The fraction of sp³-hybridized carbons (Fsp3) is 0.0435. The number of nitrogens with zero attached hydrogens (tertiary/aromatic N) is 3. The topological polar surface area (TPSA) is 105 Å². The Bertz CT molecular complexity index is 1290. The van der Waals surface area contributed by atoms with Gasteiger partial charge >= 0.3 is 0 Å². The maximum atomic E-state index is 13.3. The number of benzene rings is 3. The minimum Gasteiger partial charge on any atom is -0.295 e. The molecular weight excluding hydrogens is 394 g/mol. The number of nitro groups is 1. The van der Waals surface area contributed by atoms with Gasteiger partial charge in [0.15, 0.2) is 0 Å². The number of hydrogen-bond acceptors (Lipinski definition) is 5. The fourth-order valence-corrected chi connectivity index (χ4v) is 3.22. The van der Waals surface area contributed by atoms with Gasteiger partial charge in [-0.2, -0.15) is 5.10 Å². The number of aromatic nitrogens is 2. The molecule has 0 aliphatic carbocycles. The second-order valence-corrected chi connectivity index (χ2v) is 6.83. The molecule has 3 aromatic carbocycles. The first-order chi connectivity index (χ1) is 15.0. The van der Waals surface area contributed by atoms with E-state index in [1.807, 2.05) is 67.6 Å². The third-order valence-electron chi connectivity index (χ3n) is 4.74. The highest BCUT2D eigenvalue weighted by Crippen LogP contribution is 2.17. The van der Waals surface area contributed by atoms with Crippen LogP contribution in [-0.4, -0.2) is 20.4 Å². The van der Waals surface area contributed by atoms with Crippen LogP contribution in [0.4, 0.5) is 11.4 Å². The zero-order chi connectivity index (χ0) is 21.8. The molecule has 4 rings (SSSR count). The van der Waals surface area contributed by atoms with Crippen molar-refractivity contribution in [2.24, 2.45) is 5.10 Å². The molecule has 8 heteroatoms. The molecule has 0 spiro atoms. The van der Waals surface area contributed by atoms with Crippen LogP contribution in [0, 0.1) is 17.0 Å². The molecular formula is C23H19N5O3. The summed E-state index contributed by atoms with van der Waals surface area (Å²) in [6, 6.07) is 24.6. The highest BCUT2D eigenvalue weighted by Gasteiger charge is 2.19. The van der Waals surface area contributed by atoms with Gasteiger partial charge in [0, 0.05) is 23.4 Å². The number of nitrogens with one attached hydrogen (secondary N) is 2. The first kappa shape index (κ1) is 19.8. The van der Waals surface area contributed by atoms with Gasteiger partial charge in [-0.05, 0) is 31.2 Å². The Labute approximate surface area is 177 Å². The van der Waals surface area contributed by atoms with Crippen molar-refractivity contribution in [1.29, 1.82) is 0 Å². The van der Waals surface area contributed by atoms with Gasteiger partial charge in [-0.25, -0.2) is 4.68 Å². The van der Waals surface area contributed by atoms with Crippen molar-refractivity contribution in [2.75, 3.05) is 5.43 Å². The summed E-state index contributed by atoms with van der Waals surface area (Å²) in [6.45, 7) is 1.82. The van der Waals surface area contributed by atoms with Crippen molar-refractivity contribution in [3.05, 3.63) is 122 Å². The summed E-state index contributed by atoms with van der Waals surface area (Å²) >= 11 is 0. The minimum absolute atomic E-state index is 0.00922. The summed E-state index contributed by atoms with van der Waals surface area (Å²) in [5.74, 6) is 0. The van der Waals surface area contributed by atoms with Gasteiger partial charge in [0.05, 0.1) is 21.9 Å². The SMILES string of the molecule is Cc1[nH]n(-c2ccccc2)c(=O)c1/C(=N\Nc1ccc([N+](=O)[O-])cc1)c1ccccc1. The van der Waals surface area contributed by atoms with Crippen LogP contribution in [0.3, 0.4) is 0 Å². The van der Waals surface area contributed by atoms with Crippen LogP contribution >= 0.6 is 0 Å². The van der Waals surface area contributed by atoms with Crippen molar-refractivity contribution >= 4 is 17.1 Å². The summed E-state index contributed by atoms with van der Waals surface area (Å²) < 4.78 is 1.48. The summed E-state index contributed by atoms with van der Waals surface area (Å²) in [6.07, 6.45) is 0. The second kappa shape index (κ2) is 8.50. The third kappa shape index (κ3) is 4.13. The van der Waals surface area contributed by atoms with Gasteiger partial charge < -0.3 is 0 Å². The predicted octanol–water partition coefficient (Wildman–Crippen LogP) is 4.25. The molecule has 154 valence electrons. The van der Waals surface area contributed by atoms with E-state index >= 15 is 0 Å². The van der Waals surface area contributed by atoms with E-state index in [-0.39, 0.29) is 11.2 Å². The Balaban J connectivity index is 1.78. The molecule has 2 N–H and O–H groups in total. The van der Waals surface area contributed by atoms with E-state index in [4.69, 9.17) is 0 Å². The van der Waals surface area contributed by atoms with Gasteiger partial charge in [0.1, 0.15) is 5.71 Å². The number of rotatable bonds is 6. The molecule has 0 aliphatic rings. The average Bonchev–Trinajstić information content (AvgIpc) is 3.10. The number of aryl methyl sites for hydroxylation is 1. The fourth-order valence-electron chi connectivity index (χ4n) is 3.22. The Morgan fingerprint density at radius 2 is 1.58 bits per heavy atom. The van der Waals surface area contributed by atoms with Gasteiger partial charge in [0.2, 0.25) is 0 Å². The van der Waals surface area contributed by atoms with Crippen LogP contribution in [0.5, 0.6) is 0 Å². The summed E-state index contributed by atoms with van der Waals surface area (Å²) in [4.78, 5) is 23.7. The van der Waals surface area contributed by atoms with Crippen molar-refractivity contribution in [2.45, 2.75) is 6.92 Å². The summed E-state index contributed by atoms with van der Waals surface area (Å²) in [5.41, 5.74) is 6.29. The van der Waals surface area contributed by atoms with Crippen molar-refractivity contribution in [3.8, 4) is 5.69 Å². The molecule has 0 bridgehead atoms. The molecule has 31 heavy (non-hydrogen) atoms. The molecule has 0 atom stereocenters. The lowest BCUT2D eigenvalue weighted by atomic mass is 10.0. The maximum absolute atomic E-state index is 13.3. The third-order valence-corrected chi connectivity index (χ3v) is 4.74. The first-order valence-corrected chi connectivity index (χ1v) is 9.55. The first-order valence-electron chi connectivity index (χ1n) is 9.55. The molecule has 4 aromatic rings. The number of non-ortho nitro benzene ring substituents is 1. The summed E-state index contributed by atoms with van der Waals surface area (Å²) in [7, 11) is 0. The quantitative estimate of drug-likeness (QED) is 0.280. The second-order valence-electron chi connectivity index (χ2n) is 6.83. The Kier molecular flexibility index (Phi) is 5.44. The monoisotopic (exact) mass is 413 g/mol. The van der Waals surface area contributed by atoms with E-state index in [1.54, 1.807) is 12.1 Å². The van der Waals surface area contributed by atoms with Gasteiger partial charge in [-0.15, -0.1) is 0 Å². The Hall–Kier alpha value is -4.46. The Morgan fingerprint density at radius 1 is 0.968 bits per heavy atom. The van der Waals surface area contributed by atoms with Gasteiger partial charge in [-0.1, -0.05) is 48.5 Å². The highest BCUT2D eigenvalue weighted by atomic mass is 16.6. The maximum Gasteiger partial charge on any atom is 0.281 e. The summed E-state index contributed by atoms with van der Waals surface area (Å²) in [5, 5.41) is 18.5. The van der Waals surface area contributed by atoms with Crippen LogP contribution < -0.4 is 11.0 Å². The van der Waals surface area contributed by atoms with E-state index in [0.29, 0.717) is 22.7 Å². The number of H-pyrrole nitrogens is 1. The van der Waals surface area contributed by atoms with Crippen LogP contribution in [0.15, 0.2) is 94.8 Å². The van der Waals surface area contributed by atoms with Gasteiger partial charge in [0.25, 0.3) is 11.2 Å². The van der Waals surface area contributed by atoms with Crippen LogP contribution in [-0.2, 0) is 0 Å². The van der Waals surface area contributed by atoms with Crippen LogP contribution in [0.25, 0.3) is 5.69 Å². The zero-order valence-electron chi connectivity index (χ0n) is 16.6. The largest absolute Gasteiger partial charge is 0.295 e. The molecule has 0 radical (unpaired) electrons. The molecule has 0 aliphatic heterocycles. The smallest absolute Gasteiger partial charge is 0.281 e. The number of aromatic amines is 1. The lowest BCUT2D eigenvalue weighted by Gasteiger charge is -2.07. The van der Waals surface area contributed by atoms with Crippen molar-refractivity contribution in [3.63, 3.8) is 0 Å². The van der Waals surface area contributed by atoms with E-state index in [2.05, 4.69) is 15.6 Å². The standard InChI is InChI=1S/C23H19N5O3/c1-16-21(23(29)27(26-16)19-10-6-3-7-11-19)22(17-8-4-2-5-9-17)25-24-18-12-14-20(15-13-18)28(30)31/h2-15,24,26H,1H3/b25-22-. The molecule has 0 amide bonds. The minimum atomic E-state index is -0.461. The zero-order valence-corrected chi connectivity index (χ0v) is 16.6. The van der Waals surface area contributed by atoms with Crippen LogP contribution in [0.2, 0.25) is 0 Å².